The number of benzene rings is 2. The molecule has 0 spiro atoms. The molecule has 2 aromatic carbocycles. The lowest BCUT2D eigenvalue weighted by Gasteiger charge is -2.35. The van der Waals surface area contributed by atoms with Crippen molar-refractivity contribution in [2.24, 2.45) is 0 Å². The molecule has 0 saturated carbocycles. The fourth-order valence-electron chi connectivity index (χ4n) is 3.00. The van der Waals surface area contributed by atoms with E-state index in [1.807, 2.05) is 40.1 Å². The van der Waals surface area contributed by atoms with Gasteiger partial charge in [0.15, 0.2) is 0 Å². The fraction of sp³-hybridized carbons (Fsp3) is 0.263. The van der Waals surface area contributed by atoms with Gasteiger partial charge in [-0.2, -0.15) is 0 Å². The summed E-state index contributed by atoms with van der Waals surface area (Å²) in [6.07, 6.45) is 0. The summed E-state index contributed by atoms with van der Waals surface area (Å²) in [7, 11) is 1.26. The van der Waals surface area contributed by atoms with Gasteiger partial charge in [-0.25, -0.2) is 4.79 Å². The molecule has 0 aliphatic carbocycles. The zero-order valence-electron chi connectivity index (χ0n) is 14.5. The van der Waals surface area contributed by atoms with Crippen molar-refractivity contribution >= 4 is 23.3 Å². The van der Waals surface area contributed by atoms with Crippen molar-refractivity contribution in [2.75, 3.05) is 31.6 Å². The number of carbonyl (C=O) groups is 2. The van der Waals surface area contributed by atoms with Gasteiger partial charge < -0.3 is 14.5 Å². The minimum atomic E-state index is -0.598. The Morgan fingerprint density at radius 2 is 1.92 bits per heavy atom. The molecule has 7 nitrogen and oxygen atoms in total. The molecule has 1 amide bonds. The van der Waals surface area contributed by atoms with Gasteiger partial charge in [-0.1, -0.05) is 30.3 Å². The summed E-state index contributed by atoms with van der Waals surface area (Å²) in [5.41, 5.74) is 2.10. The minimum Gasteiger partial charge on any atom is -0.465 e. The first-order valence-corrected chi connectivity index (χ1v) is 8.29. The number of carbonyl (C=O) groups excluding carboxylic acids is 2. The molecule has 0 unspecified atom stereocenters. The molecule has 3 rings (SSSR count). The molecule has 1 heterocycles. The number of nitrogens with one attached hydrogen (secondary N) is 1. The smallest absolute Gasteiger partial charge is 0.344 e. The van der Waals surface area contributed by atoms with Gasteiger partial charge in [0, 0.05) is 41.5 Å². The normalized spacial score (nSPS) is 14.3. The molecular weight excluding hydrogens is 334 g/mol. The zero-order chi connectivity index (χ0) is 18.5. The predicted octanol–water partition coefficient (Wildman–Crippen LogP) is 0.801. The number of hydrogen-bond donors (Lipinski definition) is 1. The van der Waals surface area contributed by atoms with E-state index < -0.39 is 5.97 Å². The lowest BCUT2D eigenvalue weighted by Crippen LogP contribution is -2.56. The molecule has 0 bridgehead atoms. The molecule has 2 aromatic rings. The van der Waals surface area contributed by atoms with Crippen molar-refractivity contribution in [1.29, 1.82) is 0 Å². The lowest BCUT2D eigenvalue weighted by molar-refractivity contribution is -0.379. The topological polar surface area (TPSA) is 80.9 Å². The highest BCUT2D eigenvalue weighted by atomic mass is 16.5. The third kappa shape index (κ3) is 3.72. The van der Waals surface area contributed by atoms with E-state index in [4.69, 9.17) is 4.74 Å². The molecule has 26 heavy (non-hydrogen) atoms. The van der Waals surface area contributed by atoms with E-state index in [0.717, 1.165) is 5.56 Å². The predicted molar refractivity (Wildman–Crippen MR) is 95.8 cm³/mol. The van der Waals surface area contributed by atoms with Crippen LogP contribution >= 0.6 is 0 Å². The molecule has 1 fully saturated rings. The Bertz CT molecular complexity index is 823. The van der Waals surface area contributed by atoms with E-state index in [-0.39, 0.29) is 23.7 Å². The highest BCUT2D eigenvalue weighted by Crippen LogP contribution is 2.23. The molecule has 1 saturated heterocycles. The second kappa shape index (κ2) is 7.77. The van der Waals surface area contributed by atoms with Crippen molar-refractivity contribution < 1.29 is 19.5 Å². The van der Waals surface area contributed by atoms with Crippen LogP contribution in [0.15, 0.2) is 48.5 Å². The summed E-state index contributed by atoms with van der Waals surface area (Å²) in [4.78, 5) is 39.1. The molecule has 134 valence electrons. The number of rotatable bonds is 5. The Hall–Kier alpha value is -3.22. The number of piperazine rings is 1. The zero-order valence-corrected chi connectivity index (χ0v) is 14.5. The molecular formula is C19H20N3O4+. The van der Waals surface area contributed by atoms with E-state index >= 15 is 0 Å². The third-order valence-electron chi connectivity index (χ3n) is 4.42. The maximum Gasteiger partial charge on any atom is 0.344 e. The molecule has 1 aliphatic rings. The Labute approximate surface area is 151 Å². The van der Waals surface area contributed by atoms with Gasteiger partial charge in [0.05, 0.1) is 13.7 Å². The van der Waals surface area contributed by atoms with Crippen LogP contribution in [-0.2, 0) is 16.1 Å². The highest BCUT2D eigenvalue weighted by molar-refractivity contribution is 5.95. The van der Waals surface area contributed by atoms with Gasteiger partial charge in [0.1, 0.15) is 5.56 Å². The average Bonchev–Trinajstić information content (AvgIpc) is 2.69. The van der Waals surface area contributed by atoms with Gasteiger partial charge >= 0.3 is 5.97 Å². The number of anilines is 1. The fourth-order valence-corrected chi connectivity index (χ4v) is 3.00. The minimum absolute atomic E-state index is 0.0192. The van der Waals surface area contributed by atoms with Crippen molar-refractivity contribution in [3.63, 3.8) is 0 Å². The molecule has 0 atom stereocenters. The van der Waals surface area contributed by atoms with Crippen LogP contribution in [0.25, 0.3) is 0 Å². The van der Waals surface area contributed by atoms with Crippen LogP contribution < -0.4 is 10.1 Å². The number of methoxy groups -OCH3 is 1. The number of hydrogen-bond acceptors (Lipinski definition) is 5. The molecule has 7 heteroatoms. The maximum absolute atomic E-state index is 12.5. The van der Waals surface area contributed by atoms with Gasteiger partial charge in [0.2, 0.25) is 5.91 Å². The van der Waals surface area contributed by atoms with Gasteiger partial charge in [-0.15, -0.1) is 0 Å². The Morgan fingerprint density at radius 1 is 1.15 bits per heavy atom. The summed E-state index contributed by atoms with van der Waals surface area (Å²) >= 11 is 0. The summed E-state index contributed by atoms with van der Waals surface area (Å²) in [6, 6.07) is 14.7. The van der Waals surface area contributed by atoms with Crippen LogP contribution in [-0.4, -0.2) is 43.5 Å². The summed E-state index contributed by atoms with van der Waals surface area (Å²) in [5.74, 6) is -0.579. The lowest BCUT2D eigenvalue weighted by atomic mass is 10.1. The Morgan fingerprint density at radius 3 is 2.58 bits per heavy atom. The van der Waals surface area contributed by atoms with Crippen LogP contribution in [0.1, 0.15) is 15.9 Å². The third-order valence-corrected chi connectivity index (χ3v) is 4.42. The monoisotopic (exact) mass is 354 g/mol. The second-order valence-electron chi connectivity index (χ2n) is 6.05. The Balaban J connectivity index is 1.73. The number of nitroso groups, excluding NO2 is 1. The van der Waals surface area contributed by atoms with Gasteiger partial charge in [-0.05, 0) is 17.7 Å². The van der Waals surface area contributed by atoms with Crippen molar-refractivity contribution in [2.45, 2.75) is 6.54 Å². The number of esters is 1. The SMILES string of the molecule is COC(=O)c1cc(N2CCN(Cc3ccccc3)C(=O)C2)ccc1[NH+]=O. The summed E-state index contributed by atoms with van der Waals surface area (Å²) in [6.45, 7) is 2.03. The number of amides is 1. The van der Waals surface area contributed by atoms with Crippen LogP contribution in [0, 0.1) is 4.91 Å². The van der Waals surface area contributed by atoms with Crippen LogP contribution in [0.5, 0.6) is 0 Å². The second-order valence-corrected chi connectivity index (χ2v) is 6.05. The van der Waals surface area contributed by atoms with Crippen LogP contribution in [0.3, 0.4) is 0 Å². The Kier molecular flexibility index (Phi) is 5.26. The summed E-state index contributed by atoms with van der Waals surface area (Å²) < 4.78 is 4.71. The van der Waals surface area contributed by atoms with E-state index in [1.54, 1.807) is 17.3 Å². The largest absolute Gasteiger partial charge is 0.465 e. The quantitative estimate of drug-likeness (QED) is 0.804. The first-order chi connectivity index (χ1) is 12.6. The standard InChI is InChI=1S/C19H19N3O4/c1-26-19(24)16-11-15(7-8-17(16)20-25)21-9-10-22(18(23)13-21)12-14-5-3-2-4-6-14/h2-8,11H,9-10,12-13H2,1H3/p+1. The number of ether oxygens (including phenoxy) is 1. The van der Waals surface area contributed by atoms with Crippen molar-refractivity contribution in [3.05, 3.63) is 64.6 Å². The molecule has 1 aliphatic heterocycles. The molecule has 0 radical (unpaired) electrons. The van der Waals surface area contributed by atoms with Gasteiger partial charge in [-0.3, -0.25) is 4.79 Å². The summed E-state index contributed by atoms with van der Waals surface area (Å²) in [5, 5.41) is 1.74. The average molecular weight is 354 g/mol. The molecule has 0 aromatic heterocycles. The first-order valence-electron chi connectivity index (χ1n) is 8.29. The van der Waals surface area contributed by atoms with Crippen LogP contribution in [0.4, 0.5) is 11.4 Å². The van der Waals surface area contributed by atoms with Crippen molar-refractivity contribution in [3.8, 4) is 0 Å². The number of nitrogens with zero attached hydrogens (tertiary/aromatic N) is 2. The van der Waals surface area contributed by atoms with E-state index in [0.29, 0.717) is 25.3 Å². The highest BCUT2D eigenvalue weighted by Gasteiger charge is 2.26. The van der Waals surface area contributed by atoms with Crippen LogP contribution in [0.2, 0.25) is 0 Å². The first kappa shape index (κ1) is 17.6. The van der Waals surface area contributed by atoms with E-state index in [1.165, 1.54) is 13.2 Å². The van der Waals surface area contributed by atoms with Crippen molar-refractivity contribution in [1.82, 2.24) is 4.90 Å². The van der Waals surface area contributed by atoms with E-state index in [2.05, 4.69) is 0 Å². The molecule has 1 N–H and O–H groups in total. The van der Waals surface area contributed by atoms with E-state index in [9.17, 15) is 14.5 Å². The van der Waals surface area contributed by atoms with Gasteiger partial charge in [0.25, 0.3) is 5.69 Å². The maximum atomic E-state index is 12.5.